The Bertz CT molecular complexity index is 224. The molecule has 5 heteroatoms. The molecule has 21 heavy (non-hydrogen) atoms. The summed E-state index contributed by atoms with van der Waals surface area (Å²) in [5.41, 5.74) is 0.135. The van der Waals surface area contributed by atoms with Crippen LogP contribution in [-0.2, 0) is 9.47 Å². The monoisotopic (exact) mass is 305 g/mol. The van der Waals surface area contributed by atoms with Crippen molar-refractivity contribution < 1.29 is 19.7 Å². The highest BCUT2D eigenvalue weighted by atomic mass is 16.5. The van der Waals surface area contributed by atoms with Gasteiger partial charge in [0.1, 0.15) is 0 Å². The molecule has 0 saturated carbocycles. The molecule has 0 saturated heterocycles. The number of hydrogen-bond donors (Lipinski definition) is 3. The van der Waals surface area contributed by atoms with Crippen LogP contribution in [0.25, 0.3) is 0 Å². The summed E-state index contributed by atoms with van der Waals surface area (Å²) in [6.45, 7) is 10.3. The molecule has 0 aliphatic heterocycles. The SMILES string of the molecule is CCCCOCCOCC(O)CNCC(C)(C)CCCO. The molecule has 0 bridgehead atoms. The number of aliphatic hydroxyl groups excluding tert-OH is 2. The number of nitrogens with one attached hydrogen (secondary N) is 1. The zero-order valence-electron chi connectivity index (χ0n) is 14.1. The first-order valence-corrected chi connectivity index (χ1v) is 8.17. The summed E-state index contributed by atoms with van der Waals surface area (Å²) in [5.74, 6) is 0. The molecule has 128 valence electrons. The number of ether oxygens (including phenoxy) is 2. The Hall–Kier alpha value is -0.200. The summed E-state index contributed by atoms with van der Waals surface area (Å²) in [5, 5.41) is 21.9. The lowest BCUT2D eigenvalue weighted by Gasteiger charge is -2.25. The Labute approximate surface area is 130 Å². The quantitative estimate of drug-likeness (QED) is 0.401. The van der Waals surface area contributed by atoms with Gasteiger partial charge in [-0.25, -0.2) is 0 Å². The smallest absolute Gasteiger partial charge is 0.0897 e. The average Bonchev–Trinajstić information content (AvgIpc) is 2.44. The molecule has 0 rings (SSSR count). The van der Waals surface area contributed by atoms with Gasteiger partial charge in [0.05, 0.1) is 25.9 Å². The number of unbranched alkanes of at least 4 members (excludes halogenated alkanes) is 1. The lowest BCUT2D eigenvalue weighted by Crippen LogP contribution is -2.36. The summed E-state index contributed by atoms with van der Waals surface area (Å²) >= 11 is 0. The second-order valence-electron chi connectivity index (χ2n) is 6.32. The minimum Gasteiger partial charge on any atom is -0.396 e. The second-order valence-corrected chi connectivity index (χ2v) is 6.32. The summed E-state index contributed by atoms with van der Waals surface area (Å²) in [6, 6.07) is 0. The molecule has 0 aromatic heterocycles. The summed E-state index contributed by atoms with van der Waals surface area (Å²) in [4.78, 5) is 0. The second kappa shape index (κ2) is 13.5. The first kappa shape index (κ1) is 20.8. The van der Waals surface area contributed by atoms with Crippen molar-refractivity contribution in [1.29, 1.82) is 0 Å². The lowest BCUT2D eigenvalue weighted by atomic mass is 9.88. The fourth-order valence-corrected chi connectivity index (χ4v) is 1.97. The zero-order valence-corrected chi connectivity index (χ0v) is 14.1. The molecule has 0 fully saturated rings. The minimum absolute atomic E-state index is 0.135. The van der Waals surface area contributed by atoms with E-state index < -0.39 is 6.10 Å². The van der Waals surface area contributed by atoms with E-state index in [0.717, 1.165) is 38.8 Å². The van der Waals surface area contributed by atoms with Crippen molar-refractivity contribution in [2.75, 3.05) is 46.1 Å². The molecular formula is C16H35NO4. The fourth-order valence-electron chi connectivity index (χ4n) is 1.97. The Morgan fingerprint density at radius 2 is 1.81 bits per heavy atom. The van der Waals surface area contributed by atoms with Gasteiger partial charge in [-0.1, -0.05) is 27.2 Å². The molecule has 0 amide bonds. The van der Waals surface area contributed by atoms with Gasteiger partial charge < -0.3 is 25.0 Å². The third-order valence-electron chi connectivity index (χ3n) is 3.32. The van der Waals surface area contributed by atoms with Gasteiger partial charge in [0, 0.05) is 26.3 Å². The van der Waals surface area contributed by atoms with E-state index in [-0.39, 0.29) is 12.0 Å². The molecule has 0 aliphatic rings. The van der Waals surface area contributed by atoms with Crippen molar-refractivity contribution in [3.8, 4) is 0 Å². The van der Waals surface area contributed by atoms with Gasteiger partial charge in [-0.05, 0) is 24.7 Å². The van der Waals surface area contributed by atoms with Crippen molar-refractivity contribution in [1.82, 2.24) is 5.32 Å². The predicted molar refractivity (Wildman–Crippen MR) is 85.5 cm³/mol. The predicted octanol–water partition coefficient (Wildman–Crippen LogP) is 1.57. The fraction of sp³-hybridized carbons (Fsp3) is 1.00. The number of hydrogen-bond acceptors (Lipinski definition) is 5. The summed E-state index contributed by atoms with van der Waals surface area (Å²) in [7, 11) is 0. The zero-order chi connectivity index (χ0) is 16.0. The molecule has 0 heterocycles. The maximum atomic E-state index is 9.79. The van der Waals surface area contributed by atoms with Crippen molar-refractivity contribution in [2.45, 2.75) is 52.6 Å². The number of aliphatic hydroxyl groups is 2. The van der Waals surface area contributed by atoms with Crippen LogP contribution in [-0.4, -0.2) is 62.4 Å². The molecule has 0 aliphatic carbocycles. The highest BCUT2D eigenvalue weighted by Crippen LogP contribution is 2.20. The van der Waals surface area contributed by atoms with Crippen LogP contribution in [0.1, 0.15) is 46.5 Å². The summed E-state index contributed by atoms with van der Waals surface area (Å²) in [6.07, 6.45) is 3.52. The van der Waals surface area contributed by atoms with Gasteiger partial charge >= 0.3 is 0 Å². The van der Waals surface area contributed by atoms with Gasteiger partial charge in [0.25, 0.3) is 0 Å². The van der Waals surface area contributed by atoms with Crippen molar-refractivity contribution >= 4 is 0 Å². The Balaban J connectivity index is 3.43. The topological polar surface area (TPSA) is 71.0 Å². The van der Waals surface area contributed by atoms with E-state index in [4.69, 9.17) is 14.6 Å². The van der Waals surface area contributed by atoms with Gasteiger partial charge in [-0.3, -0.25) is 0 Å². The Morgan fingerprint density at radius 1 is 1.10 bits per heavy atom. The third-order valence-corrected chi connectivity index (χ3v) is 3.32. The molecule has 0 aromatic carbocycles. The van der Waals surface area contributed by atoms with Crippen LogP contribution >= 0.6 is 0 Å². The highest BCUT2D eigenvalue weighted by molar-refractivity contribution is 4.72. The molecule has 0 aromatic rings. The van der Waals surface area contributed by atoms with Gasteiger partial charge in [0.15, 0.2) is 0 Å². The van der Waals surface area contributed by atoms with E-state index >= 15 is 0 Å². The van der Waals surface area contributed by atoms with E-state index in [1.54, 1.807) is 0 Å². The third kappa shape index (κ3) is 14.5. The van der Waals surface area contributed by atoms with Crippen LogP contribution in [0.4, 0.5) is 0 Å². The molecule has 0 radical (unpaired) electrons. The van der Waals surface area contributed by atoms with Gasteiger partial charge in [0.2, 0.25) is 0 Å². The maximum Gasteiger partial charge on any atom is 0.0897 e. The largest absolute Gasteiger partial charge is 0.396 e. The molecule has 3 N–H and O–H groups in total. The average molecular weight is 305 g/mol. The molecule has 0 spiro atoms. The number of rotatable bonds is 15. The van der Waals surface area contributed by atoms with Crippen LogP contribution in [0, 0.1) is 5.41 Å². The standard InChI is InChI=1S/C16H35NO4/c1-4-5-9-20-10-11-21-13-15(19)12-17-14-16(2,3)7-6-8-18/h15,17-19H,4-14H2,1-3H3. The van der Waals surface area contributed by atoms with Crippen LogP contribution in [0.5, 0.6) is 0 Å². The Morgan fingerprint density at radius 3 is 2.48 bits per heavy atom. The Kier molecular flexibility index (Phi) is 13.3. The molecule has 5 nitrogen and oxygen atoms in total. The van der Waals surface area contributed by atoms with E-state index in [1.807, 2.05) is 0 Å². The first-order valence-electron chi connectivity index (χ1n) is 8.17. The van der Waals surface area contributed by atoms with Crippen LogP contribution in [0.15, 0.2) is 0 Å². The highest BCUT2D eigenvalue weighted by Gasteiger charge is 2.17. The van der Waals surface area contributed by atoms with Crippen LogP contribution in [0.3, 0.4) is 0 Å². The summed E-state index contributed by atoms with van der Waals surface area (Å²) < 4.78 is 10.8. The van der Waals surface area contributed by atoms with Crippen molar-refractivity contribution in [3.05, 3.63) is 0 Å². The van der Waals surface area contributed by atoms with Crippen molar-refractivity contribution in [3.63, 3.8) is 0 Å². The van der Waals surface area contributed by atoms with Crippen LogP contribution < -0.4 is 5.32 Å². The normalized spacial score (nSPS) is 13.6. The molecular weight excluding hydrogens is 270 g/mol. The van der Waals surface area contributed by atoms with Crippen LogP contribution in [0.2, 0.25) is 0 Å². The van der Waals surface area contributed by atoms with E-state index in [1.165, 1.54) is 0 Å². The first-order chi connectivity index (χ1) is 10.0. The van der Waals surface area contributed by atoms with E-state index in [9.17, 15) is 5.11 Å². The maximum absolute atomic E-state index is 9.79. The lowest BCUT2D eigenvalue weighted by molar-refractivity contribution is 0.00334. The van der Waals surface area contributed by atoms with Gasteiger partial charge in [-0.2, -0.15) is 0 Å². The molecule has 1 unspecified atom stereocenters. The van der Waals surface area contributed by atoms with Gasteiger partial charge in [-0.15, -0.1) is 0 Å². The van der Waals surface area contributed by atoms with E-state index in [2.05, 4.69) is 26.1 Å². The minimum atomic E-state index is -0.491. The van der Waals surface area contributed by atoms with Crippen molar-refractivity contribution in [2.24, 2.45) is 5.41 Å². The van der Waals surface area contributed by atoms with E-state index in [0.29, 0.717) is 26.4 Å². The molecule has 1 atom stereocenters.